The summed E-state index contributed by atoms with van der Waals surface area (Å²) in [6.45, 7) is 0. The fourth-order valence-electron chi connectivity index (χ4n) is 2.06. The molecule has 2 aromatic carbocycles. The van der Waals surface area contributed by atoms with Crippen LogP contribution in [0.2, 0.25) is 0 Å². The van der Waals surface area contributed by atoms with Gasteiger partial charge in [-0.05, 0) is 41.6 Å². The van der Waals surface area contributed by atoms with Crippen molar-refractivity contribution in [3.8, 4) is 5.75 Å². The summed E-state index contributed by atoms with van der Waals surface area (Å²) in [6, 6.07) is 13.4. The van der Waals surface area contributed by atoms with Crippen molar-refractivity contribution >= 4 is 40.6 Å². The van der Waals surface area contributed by atoms with E-state index in [1.807, 2.05) is 30.3 Å². The molecule has 6 nitrogen and oxygen atoms in total. The number of carbonyl (C=O) groups is 2. The minimum atomic E-state index is -1.25. The zero-order valence-corrected chi connectivity index (χ0v) is 13.1. The molecular weight excluding hydrogens is 328 g/mol. The van der Waals surface area contributed by atoms with E-state index in [-0.39, 0.29) is 17.2 Å². The first kappa shape index (κ1) is 15.8. The van der Waals surface area contributed by atoms with E-state index in [1.54, 1.807) is 6.08 Å². The monoisotopic (exact) mass is 340 g/mol. The Bertz CT molecular complexity index is 875. The number of aromatic carboxylic acids is 1. The van der Waals surface area contributed by atoms with Crippen molar-refractivity contribution in [3.05, 3.63) is 64.6 Å². The van der Waals surface area contributed by atoms with Gasteiger partial charge in [0.05, 0.1) is 10.6 Å². The first-order valence-electron chi connectivity index (χ1n) is 6.94. The Hall–Kier alpha value is -3.06. The number of nitrogens with zero attached hydrogens (tertiary/aromatic N) is 1. The van der Waals surface area contributed by atoms with Gasteiger partial charge in [-0.1, -0.05) is 30.3 Å². The van der Waals surface area contributed by atoms with Crippen molar-refractivity contribution in [3.63, 3.8) is 0 Å². The largest absolute Gasteiger partial charge is 0.507 e. The molecule has 0 saturated carbocycles. The van der Waals surface area contributed by atoms with Gasteiger partial charge in [-0.25, -0.2) is 9.79 Å². The molecule has 0 aliphatic carbocycles. The van der Waals surface area contributed by atoms with Crippen LogP contribution >= 0.6 is 11.8 Å². The topological polar surface area (TPSA) is 99.0 Å². The summed E-state index contributed by atoms with van der Waals surface area (Å²) >= 11 is 1.17. The number of aliphatic imine (C=N–C) groups is 1. The predicted octanol–water partition coefficient (Wildman–Crippen LogP) is 2.98. The van der Waals surface area contributed by atoms with Gasteiger partial charge in [0, 0.05) is 0 Å². The number of carboxylic acid groups (broad SMARTS) is 1. The van der Waals surface area contributed by atoms with Crippen molar-refractivity contribution in [2.75, 3.05) is 0 Å². The van der Waals surface area contributed by atoms with E-state index in [0.717, 1.165) is 5.56 Å². The second-order valence-electron chi connectivity index (χ2n) is 4.90. The van der Waals surface area contributed by atoms with Crippen LogP contribution < -0.4 is 5.32 Å². The molecule has 7 heteroatoms. The van der Waals surface area contributed by atoms with Gasteiger partial charge < -0.3 is 15.5 Å². The number of amidine groups is 1. The third-order valence-corrected chi connectivity index (χ3v) is 4.10. The molecule has 1 amide bonds. The minimum absolute atomic E-state index is 0.244. The summed E-state index contributed by atoms with van der Waals surface area (Å²) in [5, 5.41) is 21.5. The third kappa shape index (κ3) is 3.47. The van der Waals surface area contributed by atoms with Gasteiger partial charge >= 0.3 is 5.97 Å². The molecule has 0 bridgehead atoms. The first-order chi connectivity index (χ1) is 11.5. The Morgan fingerprint density at radius 1 is 1.17 bits per heavy atom. The van der Waals surface area contributed by atoms with E-state index in [0.29, 0.717) is 15.8 Å². The van der Waals surface area contributed by atoms with Crippen molar-refractivity contribution in [2.24, 2.45) is 4.99 Å². The lowest BCUT2D eigenvalue weighted by Crippen LogP contribution is -2.19. The molecule has 2 aromatic rings. The zero-order valence-electron chi connectivity index (χ0n) is 12.3. The Balaban J connectivity index is 1.86. The van der Waals surface area contributed by atoms with E-state index < -0.39 is 5.97 Å². The number of carboxylic acids is 1. The third-order valence-electron chi connectivity index (χ3n) is 3.19. The Labute approximate surface area is 141 Å². The zero-order chi connectivity index (χ0) is 17.1. The summed E-state index contributed by atoms with van der Waals surface area (Å²) in [5.41, 5.74) is 0.981. The molecule has 1 heterocycles. The number of amides is 1. The van der Waals surface area contributed by atoms with Gasteiger partial charge in [-0.2, -0.15) is 0 Å². The second kappa shape index (κ2) is 6.59. The molecule has 3 rings (SSSR count). The fourth-order valence-corrected chi connectivity index (χ4v) is 2.91. The molecular formula is C17H12N2O4S. The highest BCUT2D eigenvalue weighted by Gasteiger charge is 2.24. The SMILES string of the molecule is O=C1NC(=Nc2ccc(O)c(C(=O)O)c2)S/C1=C\c1ccccc1. The smallest absolute Gasteiger partial charge is 0.339 e. The quantitative estimate of drug-likeness (QED) is 0.746. The van der Waals surface area contributed by atoms with Crippen LogP contribution in [-0.4, -0.2) is 27.3 Å². The summed E-state index contributed by atoms with van der Waals surface area (Å²) in [6.07, 6.45) is 1.75. The Kier molecular flexibility index (Phi) is 4.35. The van der Waals surface area contributed by atoms with Gasteiger partial charge in [-0.15, -0.1) is 0 Å². The van der Waals surface area contributed by atoms with Crippen molar-refractivity contribution < 1.29 is 19.8 Å². The summed E-state index contributed by atoms with van der Waals surface area (Å²) in [7, 11) is 0. The van der Waals surface area contributed by atoms with Gasteiger partial charge in [0.25, 0.3) is 5.91 Å². The second-order valence-corrected chi connectivity index (χ2v) is 5.93. The molecule has 1 aliphatic heterocycles. The van der Waals surface area contributed by atoms with E-state index in [1.165, 1.54) is 30.0 Å². The molecule has 1 saturated heterocycles. The lowest BCUT2D eigenvalue weighted by Gasteiger charge is -2.01. The van der Waals surface area contributed by atoms with Crippen LogP contribution in [0.1, 0.15) is 15.9 Å². The maximum absolute atomic E-state index is 12.0. The number of carbonyl (C=O) groups excluding carboxylic acids is 1. The van der Waals surface area contributed by atoms with Crippen LogP contribution in [0.3, 0.4) is 0 Å². The van der Waals surface area contributed by atoms with E-state index in [2.05, 4.69) is 10.3 Å². The van der Waals surface area contributed by atoms with Crippen molar-refractivity contribution in [2.45, 2.75) is 0 Å². The normalized spacial score (nSPS) is 17.2. The van der Waals surface area contributed by atoms with E-state index >= 15 is 0 Å². The lowest BCUT2D eigenvalue weighted by atomic mass is 10.2. The van der Waals surface area contributed by atoms with Crippen molar-refractivity contribution in [1.29, 1.82) is 0 Å². The molecule has 120 valence electrons. The van der Waals surface area contributed by atoms with Crippen LogP contribution in [0.4, 0.5) is 5.69 Å². The van der Waals surface area contributed by atoms with Gasteiger partial charge in [0.2, 0.25) is 0 Å². The summed E-state index contributed by atoms with van der Waals surface area (Å²) < 4.78 is 0. The van der Waals surface area contributed by atoms with Crippen LogP contribution in [0.5, 0.6) is 5.75 Å². The standard InChI is InChI=1S/C17H12N2O4S/c20-13-7-6-11(9-12(13)16(22)23)18-17-19-15(21)14(24-17)8-10-4-2-1-3-5-10/h1-9,20H,(H,22,23)(H,18,19,21)/b14-8-. The first-order valence-corrected chi connectivity index (χ1v) is 7.75. The molecule has 3 N–H and O–H groups in total. The molecule has 0 radical (unpaired) electrons. The molecule has 24 heavy (non-hydrogen) atoms. The maximum atomic E-state index is 12.0. The molecule has 1 fully saturated rings. The van der Waals surface area contributed by atoms with E-state index in [9.17, 15) is 14.7 Å². The predicted molar refractivity (Wildman–Crippen MR) is 92.3 cm³/mol. The molecule has 1 aliphatic rings. The van der Waals surface area contributed by atoms with Crippen LogP contribution in [0.25, 0.3) is 6.08 Å². The molecule has 0 unspecified atom stereocenters. The minimum Gasteiger partial charge on any atom is -0.507 e. The maximum Gasteiger partial charge on any atom is 0.339 e. The lowest BCUT2D eigenvalue weighted by molar-refractivity contribution is -0.115. The molecule has 0 atom stereocenters. The summed E-state index contributed by atoms with van der Waals surface area (Å²) in [5.74, 6) is -1.85. The Morgan fingerprint density at radius 3 is 2.62 bits per heavy atom. The molecule has 0 spiro atoms. The van der Waals surface area contributed by atoms with Gasteiger partial charge in [0.15, 0.2) is 5.17 Å². The van der Waals surface area contributed by atoms with Gasteiger partial charge in [0.1, 0.15) is 11.3 Å². The highest BCUT2D eigenvalue weighted by molar-refractivity contribution is 8.18. The fraction of sp³-hybridized carbons (Fsp3) is 0. The number of benzene rings is 2. The number of hydrogen-bond donors (Lipinski definition) is 3. The van der Waals surface area contributed by atoms with E-state index in [4.69, 9.17) is 5.11 Å². The number of rotatable bonds is 3. The van der Waals surface area contributed by atoms with Crippen LogP contribution in [-0.2, 0) is 4.79 Å². The Morgan fingerprint density at radius 2 is 1.92 bits per heavy atom. The highest BCUT2D eigenvalue weighted by atomic mass is 32.2. The summed E-state index contributed by atoms with van der Waals surface area (Å²) in [4.78, 5) is 27.7. The van der Waals surface area contributed by atoms with Gasteiger partial charge in [-0.3, -0.25) is 4.79 Å². The highest BCUT2D eigenvalue weighted by Crippen LogP contribution is 2.29. The van der Waals surface area contributed by atoms with Crippen LogP contribution in [0.15, 0.2) is 58.4 Å². The number of hydrogen-bond acceptors (Lipinski definition) is 5. The number of phenols is 1. The number of aromatic hydroxyl groups is 1. The number of nitrogens with one attached hydrogen (secondary N) is 1. The average molecular weight is 340 g/mol. The van der Waals surface area contributed by atoms with Crippen LogP contribution in [0, 0.1) is 0 Å². The molecule has 0 aromatic heterocycles. The van der Waals surface area contributed by atoms with Crippen molar-refractivity contribution in [1.82, 2.24) is 5.32 Å². The number of thioether (sulfide) groups is 1. The average Bonchev–Trinajstić information content (AvgIpc) is 2.89.